The Labute approximate surface area is 176 Å². The van der Waals surface area contributed by atoms with Crippen molar-refractivity contribution in [1.82, 2.24) is 10.2 Å². The van der Waals surface area contributed by atoms with Crippen molar-refractivity contribution in [2.75, 3.05) is 31.1 Å². The van der Waals surface area contributed by atoms with Gasteiger partial charge in [-0.3, -0.25) is 9.59 Å². The van der Waals surface area contributed by atoms with Crippen LogP contribution in [0.4, 0.5) is 10.1 Å². The smallest absolute Gasteiger partial charge is 0.247 e. The summed E-state index contributed by atoms with van der Waals surface area (Å²) in [5.74, 6) is 0.0266. The summed E-state index contributed by atoms with van der Waals surface area (Å²) in [7, 11) is 0. The lowest BCUT2D eigenvalue weighted by Gasteiger charge is -2.34. The first kappa shape index (κ1) is 20.4. The van der Waals surface area contributed by atoms with E-state index in [0.29, 0.717) is 25.4 Å². The van der Waals surface area contributed by atoms with Gasteiger partial charge in [-0.25, -0.2) is 4.39 Å². The van der Waals surface area contributed by atoms with Gasteiger partial charge >= 0.3 is 0 Å². The molecule has 0 radical (unpaired) electrons. The fraction of sp³-hybridized carbons (Fsp3) is 0.417. The number of hydrogen-bond donors (Lipinski definition) is 1. The molecule has 5 nitrogen and oxygen atoms in total. The molecule has 0 spiro atoms. The van der Waals surface area contributed by atoms with E-state index in [4.69, 9.17) is 0 Å². The third-order valence-corrected chi connectivity index (χ3v) is 6.08. The number of carbonyl (C=O) groups excluding carboxylic acids is 2. The zero-order valence-electron chi connectivity index (χ0n) is 17.1. The van der Waals surface area contributed by atoms with E-state index in [9.17, 15) is 14.0 Å². The van der Waals surface area contributed by atoms with Crippen molar-refractivity contribution in [2.45, 2.75) is 31.7 Å². The number of halogens is 1. The van der Waals surface area contributed by atoms with Crippen molar-refractivity contribution in [1.29, 1.82) is 0 Å². The van der Waals surface area contributed by atoms with Crippen LogP contribution >= 0.6 is 0 Å². The highest BCUT2D eigenvalue weighted by atomic mass is 19.1. The fourth-order valence-electron chi connectivity index (χ4n) is 4.44. The van der Waals surface area contributed by atoms with Gasteiger partial charge in [0.25, 0.3) is 0 Å². The number of hydrogen-bond acceptors (Lipinski definition) is 3. The van der Waals surface area contributed by atoms with Crippen molar-refractivity contribution in [3.8, 4) is 0 Å². The lowest BCUT2D eigenvalue weighted by Crippen LogP contribution is -2.46. The summed E-state index contributed by atoms with van der Waals surface area (Å²) in [6.45, 7) is 2.90. The van der Waals surface area contributed by atoms with Crippen molar-refractivity contribution < 1.29 is 14.0 Å². The predicted molar refractivity (Wildman–Crippen MR) is 114 cm³/mol. The minimum Gasteiger partial charge on any atom is -0.371 e. The van der Waals surface area contributed by atoms with Crippen LogP contribution in [0.3, 0.4) is 0 Å². The van der Waals surface area contributed by atoms with Gasteiger partial charge < -0.3 is 15.1 Å². The Hall–Kier alpha value is -2.89. The molecule has 2 saturated heterocycles. The average molecular weight is 410 g/mol. The molecule has 6 heteroatoms. The Balaban J connectivity index is 1.39. The van der Waals surface area contributed by atoms with Crippen molar-refractivity contribution >= 4 is 17.5 Å². The van der Waals surface area contributed by atoms with E-state index in [0.717, 1.165) is 43.6 Å². The number of benzene rings is 2. The maximum atomic E-state index is 13.2. The number of likely N-dealkylation sites (tertiary alicyclic amines) is 1. The second kappa shape index (κ2) is 9.28. The fourth-order valence-corrected chi connectivity index (χ4v) is 4.44. The average Bonchev–Trinajstić information content (AvgIpc) is 3.24. The number of rotatable bonds is 6. The molecule has 2 aromatic carbocycles. The molecule has 4 rings (SSSR count). The van der Waals surface area contributed by atoms with Crippen molar-refractivity contribution in [3.05, 3.63) is 66.0 Å². The van der Waals surface area contributed by atoms with Gasteiger partial charge in [-0.05, 0) is 55.0 Å². The third kappa shape index (κ3) is 4.64. The van der Waals surface area contributed by atoms with Gasteiger partial charge in [0.2, 0.25) is 11.8 Å². The van der Waals surface area contributed by atoms with Crippen LogP contribution in [-0.4, -0.2) is 42.9 Å². The molecule has 2 atom stereocenters. The Bertz CT molecular complexity index is 872. The summed E-state index contributed by atoms with van der Waals surface area (Å²) in [4.78, 5) is 29.6. The number of amides is 2. The van der Waals surface area contributed by atoms with Crippen LogP contribution in [0.25, 0.3) is 0 Å². The van der Waals surface area contributed by atoms with Gasteiger partial charge in [0, 0.05) is 38.3 Å². The van der Waals surface area contributed by atoms with E-state index in [1.807, 2.05) is 30.3 Å². The van der Waals surface area contributed by atoms with Gasteiger partial charge in [0.1, 0.15) is 11.9 Å². The molecule has 2 fully saturated rings. The SMILES string of the molecule is O=C(NCC1CCN(c2ccc(F)cc2)C1)C(c1ccccc1)N1CCCCC1=O. The molecule has 2 heterocycles. The van der Waals surface area contributed by atoms with Crippen molar-refractivity contribution in [2.24, 2.45) is 5.92 Å². The van der Waals surface area contributed by atoms with Gasteiger partial charge in [-0.2, -0.15) is 0 Å². The summed E-state index contributed by atoms with van der Waals surface area (Å²) >= 11 is 0. The Kier molecular flexibility index (Phi) is 6.31. The molecule has 0 saturated carbocycles. The summed E-state index contributed by atoms with van der Waals surface area (Å²) in [6, 6.07) is 15.5. The van der Waals surface area contributed by atoms with Crippen LogP contribution in [-0.2, 0) is 9.59 Å². The molecule has 2 amide bonds. The van der Waals surface area contributed by atoms with Crippen LogP contribution < -0.4 is 10.2 Å². The minimum absolute atomic E-state index is 0.0496. The number of anilines is 1. The summed E-state index contributed by atoms with van der Waals surface area (Å²) < 4.78 is 13.2. The highest BCUT2D eigenvalue weighted by Gasteiger charge is 2.33. The quantitative estimate of drug-likeness (QED) is 0.794. The van der Waals surface area contributed by atoms with Gasteiger partial charge in [-0.15, -0.1) is 0 Å². The minimum atomic E-state index is -0.575. The molecule has 2 aliphatic heterocycles. The van der Waals surface area contributed by atoms with Crippen LogP contribution in [0.2, 0.25) is 0 Å². The van der Waals surface area contributed by atoms with E-state index in [-0.39, 0.29) is 17.6 Å². The summed E-state index contributed by atoms with van der Waals surface area (Å²) in [5, 5.41) is 3.10. The maximum absolute atomic E-state index is 13.2. The second-order valence-electron chi connectivity index (χ2n) is 8.18. The van der Waals surface area contributed by atoms with E-state index in [1.165, 1.54) is 12.1 Å². The topological polar surface area (TPSA) is 52.7 Å². The number of piperidine rings is 1. The largest absolute Gasteiger partial charge is 0.371 e. The molecule has 30 heavy (non-hydrogen) atoms. The highest BCUT2D eigenvalue weighted by Crippen LogP contribution is 2.27. The monoisotopic (exact) mass is 409 g/mol. The normalized spacial score (nSPS) is 20.3. The number of nitrogens with one attached hydrogen (secondary N) is 1. The third-order valence-electron chi connectivity index (χ3n) is 6.08. The molecule has 0 aliphatic carbocycles. The molecular weight excluding hydrogens is 381 g/mol. The zero-order chi connectivity index (χ0) is 20.9. The summed E-state index contributed by atoms with van der Waals surface area (Å²) in [5.41, 5.74) is 1.86. The van der Waals surface area contributed by atoms with Crippen LogP contribution in [0, 0.1) is 11.7 Å². The van der Waals surface area contributed by atoms with E-state index in [1.54, 1.807) is 17.0 Å². The number of nitrogens with zero attached hydrogens (tertiary/aromatic N) is 2. The molecule has 1 N–H and O–H groups in total. The Morgan fingerprint density at radius 1 is 1.07 bits per heavy atom. The molecule has 0 aromatic heterocycles. The maximum Gasteiger partial charge on any atom is 0.247 e. The lowest BCUT2D eigenvalue weighted by atomic mass is 10.00. The second-order valence-corrected chi connectivity index (χ2v) is 8.18. The first-order chi connectivity index (χ1) is 14.6. The summed E-state index contributed by atoms with van der Waals surface area (Å²) in [6.07, 6.45) is 3.29. The van der Waals surface area contributed by atoms with Crippen LogP contribution in [0.1, 0.15) is 37.3 Å². The zero-order valence-corrected chi connectivity index (χ0v) is 17.1. The standard InChI is InChI=1S/C24H28FN3O2/c25-20-9-11-21(12-10-20)27-15-13-18(17-27)16-26-24(30)23(19-6-2-1-3-7-19)28-14-5-4-8-22(28)29/h1-3,6-7,9-12,18,23H,4-5,8,13-17H2,(H,26,30). The molecule has 2 aliphatic rings. The van der Waals surface area contributed by atoms with Crippen molar-refractivity contribution in [3.63, 3.8) is 0 Å². The van der Waals surface area contributed by atoms with Crippen LogP contribution in [0.5, 0.6) is 0 Å². The molecular formula is C24H28FN3O2. The Morgan fingerprint density at radius 3 is 2.57 bits per heavy atom. The van der Waals surface area contributed by atoms with Crippen LogP contribution in [0.15, 0.2) is 54.6 Å². The number of carbonyl (C=O) groups is 2. The molecule has 158 valence electrons. The lowest BCUT2D eigenvalue weighted by molar-refractivity contribution is -0.142. The first-order valence-corrected chi connectivity index (χ1v) is 10.7. The predicted octanol–water partition coefficient (Wildman–Crippen LogP) is 3.52. The molecule has 2 aromatic rings. The highest BCUT2D eigenvalue weighted by molar-refractivity contribution is 5.89. The van der Waals surface area contributed by atoms with Gasteiger partial charge in [0.15, 0.2) is 0 Å². The first-order valence-electron chi connectivity index (χ1n) is 10.7. The van der Waals surface area contributed by atoms with Gasteiger partial charge in [0.05, 0.1) is 0 Å². The molecule has 2 unspecified atom stereocenters. The van der Waals surface area contributed by atoms with E-state index >= 15 is 0 Å². The van der Waals surface area contributed by atoms with E-state index < -0.39 is 6.04 Å². The molecule has 0 bridgehead atoms. The van der Waals surface area contributed by atoms with E-state index in [2.05, 4.69) is 10.2 Å². The Morgan fingerprint density at radius 2 is 1.83 bits per heavy atom. The van der Waals surface area contributed by atoms with Gasteiger partial charge in [-0.1, -0.05) is 30.3 Å².